The lowest BCUT2D eigenvalue weighted by molar-refractivity contribution is 0.127. The Morgan fingerprint density at radius 3 is 2.80 bits per heavy atom. The minimum atomic E-state index is -0.853. The maximum Gasteiger partial charge on any atom is 0.0691 e. The average molecular weight is 295 g/mol. The van der Waals surface area contributed by atoms with Crippen LogP contribution in [0.5, 0.6) is 0 Å². The highest BCUT2D eigenvalue weighted by atomic mass is 32.2. The van der Waals surface area contributed by atoms with Crippen molar-refractivity contribution >= 4 is 10.8 Å². The molecule has 0 bridgehead atoms. The molecule has 4 atom stereocenters. The summed E-state index contributed by atoms with van der Waals surface area (Å²) in [4.78, 5) is 0. The number of ether oxygens (including phenoxy) is 1. The van der Waals surface area contributed by atoms with E-state index in [-0.39, 0.29) is 17.4 Å². The van der Waals surface area contributed by atoms with Crippen LogP contribution in [0.1, 0.15) is 37.4 Å². The Hall–Kier alpha value is -0.710. The summed E-state index contributed by atoms with van der Waals surface area (Å²) in [6.07, 6.45) is 1.04. The number of aryl methyl sites for hydroxylation is 1. The van der Waals surface area contributed by atoms with Gasteiger partial charge in [-0.3, -0.25) is 4.21 Å². The Labute approximate surface area is 124 Å². The summed E-state index contributed by atoms with van der Waals surface area (Å²) in [6.45, 7) is 7.87. The number of benzene rings is 1. The second-order valence-electron chi connectivity index (χ2n) is 5.42. The SMILES string of the molecule is CCNC(CS(=O)C1CCOC1C)c1ccccc1C. The second kappa shape index (κ2) is 7.34. The van der Waals surface area contributed by atoms with Crippen molar-refractivity contribution in [2.24, 2.45) is 0 Å². The molecule has 1 saturated heterocycles. The van der Waals surface area contributed by atoms with E-state index in [0.29, 0.717) is 5.75 Å². The fraction of sp³-hybridized carbons (Fsp3) is 0.625. The molecular formula is C16H25NO2S. The molecule has 1 aromatic carbocycles. The molecule has 1 fully saturated rings. The zero-order valence-electron chi connectivity index (χ0n) is 12.6. The van der Waals surface area contributed by atoms with Crippen molar-refractivity contribution in [1.82, 2.24) is 5.32 Å². The van der Waals surface area contributed by atoms with Crippen molar-refractivity contribution in [1.29, 1.82) is 0 Å². The summed E-state index contributed by atoms with van der Waals surface area (Å²) in [5.74, 6) is 0.664. The van der Waals surface area contributed by atoms with Gasteiger partial charge in [-0.2, -0.15) is 0 Å². The molecule has 0 amide bonds. The van der Waals surface area contributed by atoms with E-state index in [1.807, 2.05) is 13.0 Å². The zero-order valence-corrected chi connectivity index (χ0v) is 13.4. The second-order valence-corrected chi connectivity index (χ2v) is 7.12. The van der Waals surface area contributed by atoms with Crippen LogP contribution in [0.2, 0.25) is 0 Å². The maximum atomic E-state index is 12.6. The Morgan fingerprint density at radius 1 is 1.45 bits per heavy atom. The van der Waals surface area contributed by atoms with Gasteiger partial charge in [0, 0.05) is 29.2 Å². The average Bonchev–Trinajstić information content (AvgIpc) is 2.85. The van der Waals surface area contributed by atoms with Crippen LogP contribution in [0.4, 0.5) is 0 Å². The van der Waals surface area contributed by atoms with Gasteiger partial charge in [-0.1, -0.05) is 31.2 Å². The summed E-state index contributed by atoms with van der Waals surface area (Å²) in [5.41, 5.74) is 2.51. The molecule has 3 nitrogen and oxygen atoms in total. The maximum absolute atomic E-state index is 12.6. The number of hydrogen-bond acceptors (Lipinski definition) is 3. The van der Waals surface area contributed by atoms with Crippen LogP contribution in [0.15, 0.2) is 24.3 Å². The number of nitrogens with one attached hydrogen (secondary N) is 1. The van der Waals surface area contributed by atoms with Gasteiger partial charge in [0.2, 0.25) is 0 Å². The van der Waals surface area contributed by atoms with Gasteiger partial charge in [-0.05, 0) is 37.9 Å². The summed E-state index contributed by atoms with van der Waals surface area (Å²) < 4.78 is 18.2. The summed E-state index contributed by atoms with van der Waals surface area (Å²) in [5, 5.41) is 3.66. The number of hydrogen-bond donors (Lipinski definition) is 1. The monoisotopic (exact) mass is 295 g/mol. The van der Waals surface area contributed by atoms with E-state index in [1.165, 1.54) is 11.1 Å². The summed E-state index contributed by atoms with van der Waals surface area (Å²) in [7, 11) is -0.853. The van der Waals surface area contributed by atoms with Crippen molar-refractivity contribution in [2.45, 2.75) is 44.6 Å². The van der Waals surface area contributed by atoms with Gasteiger partial charge in [0.1, 0.15) is 0 Å². The molecule has 0 spiro atoms. The Morgan fingerprint density at radius 2 is 2.20 bits per heavy atom. The van der Waals surface area contributed by atoms with Crippen LogP contribution in [-0.2, 0) is 15.5 Å². The van der Waals surface area contributed by atoms with Crippen LogP contribution in [0.3, 0.4) is 0 Å². The van der Waals surface area contributed by atoms with Gasteiger partial charge in [0.05, 0.1) is 11.4 Å². The van der Waals surface area contributed by atoms with E-state index in [0.717, 1.165) is 19.6 Å². The molecule has 1 aromatic rings. The highest BCUT2D eigenvalue weighted by molar-refractivity contribution is 7.85. The van der Waals surface area contributed by atoms with Gasteiger partial charge < -0.3 is 10.1 Å². The van der Waals surface area contributed by atoms with E-state index in [1.54, 1.807) is 0 Å². The van der Waals surface area contributed by atoms with Gasteiger partial charge in [0.15, 0.2) is 0 Å². The predicted octanol–water partition coefficient (Wildman–Crippen LogP) is 2.57. The van der Waals surface area contributed by atoms with Gasteiger partial charge in [-0.15, -0.1) is 0 Å². The fourth-order valence-electron chi connectivity index (χ4n) is 2.83. The Bertz CT molecular complexity index is 464. The highest BCUT2D eigenvalue weighted by Gasteiger charge is 2.31. The minimum absolute atomic E-state index is 0.120. The molecule has 0 aromatic heterocycles. The van der Waals surface area contributed by atoms with Crippen LogP contribution >= 0.6 is 0 Å². The normalized spacial score (nSPS) is 25.6. The molecular weight excluding hydrogens is 270 g/mol. The van der Waals surface area contributed by atoms with E-state index in [4.69, 9.17) is 4.74 Å². The molecule has 0 aliphatic carbocycles. The van der Waals surface area contributed by atoms with Crippen LogP contribution in [-0.4, -0.2) is 34.5 Å². The Balaban J connectivity index is 2.10. The highest BCUT2D eigenvalue weighted by Crippen LogP contribution is 2.24. The first kappa shape index (κ1) is 15.7. The van der Waals surface area contributed by atoms with Gasteiger partial charge >= 0.3 is 0 Å². The van der Waals surface area contributed by atoms with Gasteiger partial charge in [-0.25, -0.2) is 0 Å². The third kappa shape index (κ3) is 3.68. The third-order valence-corrected chi connectivity index (χ3v) is 5.95. The molecule has 1 aliphatic heterocycles. The lowest BCUT2D eigenvalue weighted by Gasteiger charge is -2.22. The zero-order chi connectivity index (χ0) is 14.5. The number of rotatable bonds is 6. The summed E-state index contributed by atoms with van der Waals surface area (Å²) >= 11 is 0. The van der Waals surface area contributed by atoms with E-state index in [9.17, 15) is 4.21 Å². The van der Waals surface area contributed by atoms with E-state index in [2.05, 4.69) is 37.4 Å². The minimum Gasteiger partial charge on any atom is -0.377 e. The van der Waals surface area contributed by atoms with Crippen molar-refractivity contribution in [3.63, 3.8) is 0 Å². The molecule has 112 valence electrons. The molecule has 2 rings (SSSR count). The third-order valence-electron chi connectivity index (χ3n) is 3.99. The van der Waals surface area contributed by atoms with E-state index < -0.39 is 10.8 Å². The first-order valence-electron chi connectivity index (χ1n) is 7.41. The molecule has 1 N–H and O–H groups in total. The van der Waals surface area contributed by atoms with Crippen molar-refractivity contribution in [2.75, 3.05) is 18.9 Å². The van der Waals surface area contributed by atoms with Crippen molar-refractivity contribution in [3.05, 3.63) is 35.4 Å². The first-order chi connectivity index (χ1) is 9.63. The van der Waals surface area contributed by atoms with Crippen LogP contribution < -0.4 is 5.32 Å². The fourth-order valence-corrected chi connectivity index (χ4v) is 4.57. The smallest absolute Gasteiger partial charge is 0.0691 e. The van der Waals surface area contributed by atoms with Gasteiger partial charge in [0.25, 0.3) is 0 Å². The largest absolute Gasteiger partial charge is 0.377 e. The molecule has 4 heteroatoms. The lowest BCUT2D eigenvalue weighted by atomic mass is 10.0. The van der Waals surface area contributed by atoms with Crippen LogP contribution in [0.25, 0.3) is 0 Å². The molecule has 20 heavy (non-hydrogen) atoms. The molecule has 0 saturated carbocycles. The molecule has 4 unspecified atom stereocenters. The Kier molecular flexibility index (Phi) is 5.75. The topological polar surface area (TPSA) is 38.3 Å². The standard InChI is InChI=1S/C16H25NO2S/c1-4-17-15(14-8-6-5-7-12(14)2)11-20(18)16-9-10-19-13(16)3/h5-8,13,15-17H,4,9-11H2,1-3H3. The first-order valence-corrected chi connectivity index (χ1v) is 8.79. The van der Waals surface area contributed by atoms with E-state index >= 15 is 0 Å². The summed E-state index contributed by atoms with van der Waals surface area (Å²) in [6, 6.07) is 8.51. The lowest BCUT2D eigenvalue weighted by Crippen LogP contribution is -2.32. The quantitative estimate of drug-likeness (QED) is 0.876. The molecule has 1 aliphatic rings. The van der Waals surface area contributed by atoms with Crippen molar-refractivity contribution in [3.8, 4) is 0 Å². The van der Waals surface area contributed by atoms with Crippen LogP contribution in [0, 0.1) is 6.92 Å². The molecule has 1 heterocycles. The van der Waals surface area contributed by atoms with Crippen molar-refractivity contribution < 1.29 is 8.95 Å². The molecule has 0 radical (unpaired) electrons. The predicted molar refractivity (Wildman–Crippen MR) is 84.4 cm³/mol.